The van der Waals surface area contributed by atoms with Gasteiger partial charge in [-0.2, -0.15) is 0 Å². The monoisotopic (exact) mass is 471 g/mol. The highest BCUT2D eigenvalue weighted by atomic mass is 32.2. The Labute approximate surface area is 194 Å². The number of methoxy groups -OCH3 is 1. The molecule has 0 aliphatic carbocycles. The van der Waals surface area contributed by atoms with E-state index < -0.39 is 10.0 Å². The van der Waals surface area contributed by atoms with Gasteiger partial charge in [0.1, 0.15) is 5.84 Å². The zero-order valence-corrected chi connectivity index (χ0v) is 19.7. The molecule has 0 aromatic heterocycles. The van der Waals surface area contributed by atoms with E-state index in [9.17, 15) is 13.2 Å². The van der Waals surface area contributed by atoms with Gasteiger partial charge in [0.25, 0.3) is 10.0 Å². The molecular formula is C24H29N3O5S. The van der Waals surface area contributed by atoms with Crippen LogP contribution in [-0.2, 0) is 14.8 Å². The minimum Gasteiger partial charge on any atom is -0.493 e. The Bertz CT molecular complexity index is 1140. The van der Waals surface area contributed by atoms with Crippen LogP contribution in [0.15, 0.2) is 58.4 Å². The van der Waals surface area contributed by atoms with E-state index in [-0.39, 0.29) is 10.8 Å². The van der Waals surface area contributed by atoms with Gasteiger partial charge in [-0.25, -0.2) is 8.42 Å². The van der Waals surface area contributed by atoms with Gasteiger partial charge in [0.15, 0.2) is 11.5 Å². The number of anilines is 1. The highest BCUT2D eigenvalue weighted by molar-refractivity contribution is 7.90. The molecule has 0 radical (unpaired) electrons. The van der Waals surface area contributed by atoms with Crippen molar-refractivity contribution < 1.29 is 22.7 Å². The second-order valence-electron chi connectivity index (χ2n) is 7.44. The lowest BCUT2D eigenvalue weighted by Crippen LogP contribution is -2.30. The zero-order valence-electron chi connectivity index (χ0n) is 18.8. The highest BCUT2D eigenvalue weighted by Gasteiger charge is 2.18. The van der Waals surface area contributed by atoms with Gasteiger partial charge in [0.05, 0.1) is 18.6 Å². The fourth-order valence-corrected chi connectivity index (χ4v) is 4.47. The van der Waals surface area contributed by atoms with Crippen LogP contribution in [0.2, 0.25) is 0 Å². The molecule has 33 heavy (non-hydrogen) atoms. The van der Waals surface area contributed by atoms with Gasteiger partial charge in [-0.15, -0.1) is 0 Å². The fourth-order valence-electron chi connectivity index (χ4n) is 3.33. The first-order chi connectivity index (χ1) is 15.9. The Morgan fingerprint density at radius 3 is 2.76 bits per heavy atom. The van der Waals surface area contributed by atoms with Crippen molar-refractivity contribution in [1.82, 2.24) is 4.72 Å². The maximum Gasteiger partial charge on any atom is 0.262 e. The molecule has 8 nitrogen and oxygen atoms in total. The molecule has 0 saturated heterocycles. The van der Waals surface area contributed by atoms with Gasteiger partial charge in [0.2, 0.25) is 5.91 Å². The third-order valence-electron chi connectivity index (χ3n) is 4.95. The molecule has 3 rings (SSSR count). The first kappa shape index (κ1) is 24.3. The predicted molar refractivity (Wildman–Crippen MR) is 129 cm³/mol. The third kappa shape index (κ3) is 7.08. The van der Waals surface area contributed by atoms with Crippen LogP contribution in [0.1, 0.15) is 38.2 Å². The van der Waals surface area contributed by atoms with Crippen molar-refractivity contribution in [2.75, 3.05) is 25.6 Å². The van der Waals surface area contributed by atoms with Crippen LogP contribution < -0.4 is 19.5 Å². The number of amidine groups is 1. The van der Waals surface area contributed by atoms with Gasteiger partial charge in [-0.1, -0.05) is 18.6 Å². The number of hydrogen-bond donors (Lipinski definition) is 2. The van der Waals surface area contributed by atoms with Crippen LogP contribution >= 0.6 is 0 Å². The number of nitrogens with zero attached hydrogens (tertiary/aromatic N) is 1. The topological polar surface area (TPSA) is 106 Å². The summed E-state index contributed by atoms with van der Waals surface area (Å²) >= 11 is 0. The maximum atomic E-state index is 12.8. The van der Waals surface area contributed by atoms with Crippen LogP contribution in [0.5, 0.6) is 11.5 Å². The number of ether oxygens (including phenoxy) is 2. The van der Waals surface area contributed by atoms with E-state index in [1.807, 2.05) is 6.92 Å². The number of aliphatic imine (C=N–C) groups is 1. The molecule has 2 aromatic rings. The van der Waals surface area contributed by atoms with E-state index in [2.05, 4.69) is 15.0 Å². The van der Waals surface area contributed by atoms with Crippen LogP contribution in [0.3, 0.4) is 0 Å². The second-order valence-corrected chi connectivity index (χ2v) is 9.12. The van der Waals surface area contributed by atoms with E-state index >= 15 is 0 Å². The molecule has 1 aliphatic rings. The third-order valence-corrected chi connectivity index (χ3v) is 6.33. The molecule has 2 aromatic carbocycles. The molecule has 1 heterocycles. The van der Waals surface area contributed by atoms with Crippen molar-refractivity contribution in [2.24, 2.45) is 4.99 Å². The lowest BCUT2D eigenvalue weighted by molar-refractivity contribution is -0.111. The fraction of sp³-hybridized carbons (Fsp3) is 0.333. The van der Waals surface area contributed by atoms with Crippen LogP contribution in [0, 0.1) is 0 Å². The highest BCUT2D eigenvalue weighted by Crippen LogP contribution is 2.28. The van der Waals surface area contributed by atoms with E-state index in [1.165, 1.54) is 18.2 Å². The number of sulfonamides is 1. The molecule has 0 spiro atoms. The molecule has 176 valence electrons. The van der Waals surface area contributed by atoms with Crippen molar-refractivity contribution in [3.8, 4) is 11.5 Å². The van der Waals surface area contributed by atoms with Gasteiger partial charge in [-0.3, -0.25) is 14.5 Å². The predicted octanol–water partition coefficient (Wildman–Crippen LogP) is 4.00. The summed E-state index contributed by atoms with van der Waals surface area (Å²) in [5.41, 5.74) is 1.14. The lowest BCUT2D eigenvalue weighted by atomic mass is 10.2. The van der Waals surface area contributed by atoms with Gasteiger partial charge < -0.3 is 14.8 Å². The number of nitrogens with one attached hydrogen (secondary N) is 2. The normalized spacial score (nSPS) is 14.3. The zero-order chi connectivity index (χ0) is 23.7. The number of hydrogen-bond acceptors (Lipinski definition) is 6. The molecule has 1 amide bonds. The van der Waals surface area contributed by atoms with Crippen LogP contribution in [-0.4, -0.2) is 40.4 Å². The molecule has 0 atom stereocenters. The van der Waals surface area contributed by atoms with E-state index in [0.717, 1.165) is 24.8 Å². The standard InChI is InChI=1S/C24H29N3O5S/c1-3-32-22-16-18(11-13-21(22)31-2)12-14-24(28)26-19-8-7-9-20(17-19)33(29,30)27-23-10-5-4-6-15-25-23/h7-9,11-14,16-17H,3-6,10,15H2,1-2H3,(H,25,27)(H,26,28). The minimum atomic E-state index is -3.78. The summed E-state index contributed by atoms with van der Waals surface area (Å²) in [6.45, 7) is 3.00. The summed E-state index contributed by atoms with van der Waals surface area (Å²) in [6, 6.07) is 11.5. The van der Waals surface area contributed by atoms with Crippen molar-refractivity contribution >= 4 is 33.5 Å². The van der Waals surface area contributed by atoms with Crippen molar-refractivity contribution in [3.05, 3.63) is 54.1 Å². The van der Waals surface area contributed by atoms with Crippen molar-refractivity contribution in [3.63, 3.8) is 0 Å². The Morgan fingerprint density at radius 1 is 1.12 bits per heavy atom. The quantitative estimate of drug-likeness (QED) is 0.566. The maximum absolute atomic E-state index is 12.8. The molecule has 0 fully saturated rings. The van der Waals surface area contributed by atoms with Crippen molar-refractivity contribution in [2.45, 2.75) is 37.5 Å². The Hall–Kier alpha value is -3.33. The molecule has 0 saturated carbocycles. The van der Waals surface area contributed by atoms with Crippen LogP contribution in [0.4, 0.5) is 5.69 Å². The van der Waals surface area contributed by atoms with Gasteiger partial charge in [0, 0.05) is 24.7 Å². The van der Waals surface area contributed by atoms with E-state index in [1.54, 1.807) is 43.5 Å². The first-order valence-electron chi connectivity index (χ1n) is 10.9. The van der Waals surface area contributed by atoms with Gasteiger partial charge >= 0.3 is 0 Å². The number of rotatable bonds is 8. The second kappa shape index (κ2) is 11.5. The Morgan fingerprint density at radius 2 is 1.97 bits per heavy atom. The molecule has 9 heteroatoms. The Kier molecular flexibility index (Phi) is 8.48. The number of carbonyl (C=O) groups is 1. The van der Waals surface area contributed by atoms with Crippen molar-refractivity contribution in [1.29, 1.82) is 0 Å². The summed E-state index contributed by atoms with van der Waals surface area (Å²) < 4.78 is 38.9. The average molecular weight is 472 g/mol. The summed E-state index contributed by atoms with van der Waals surface area (Å²) in [5.74, 6) is 1.29. The lowest BCUT2D eigenvalue weighted by Gasteiger charge is -2.11. The number of carbonyl (C=O) groups excluding carboxylic acids is 1. The van der Waals surface area contributed by atoms with Gasteiger partial charge in [-0.05, 0) is 61.7 Å². The number of amides is 1. The molecular weight excluding hydrogens is 442 g/mol. The summed E-state index contributed by atoms with van der Waals surface area (Å²) in [7, 11) is -2.22. The van der Waals surface area contributed by atoms with E-state index in [4.69, 9.17) is 9.47 Å². The summed E-state index contributed by atoms with van der Waals surface area (Å²) in [4.78, 5) is 16.8. The minimum absolute atomic E-state index is 0.0627. The first-order valence-corrected chi connectivity index (χ1v) is 12.4. The molecule has 0 unspecified atom stereocenters. The van der Waals surface area contributed by atoms with Crippen LogP contribution in [0.25, 0.3) is 6.08 Å². The molecule has 1 aliphatic heterocycles. The smallest absolute Gasteiger partial charge is 0.262 e. The largest absolute Gasteiger partial charge is 0.493 e. The Balaban J connectivity index is 1.68. The SMILES string of the molecule is CCOc1cc(C=CC(=O)Nc2cccc(S(=O)(=O)NC3=NCCCCC3)c2)ccc1OC. The molecule has 0 bridgehead atoms. The van der Waals surface area contributed by atoms with E-state index in [0.29, 0.717) is 42.6 Å². The molecule has 2 N–H and O–H groups in total. The summed E-state index contributed by atoms with van der Waals surface area (Å²) in [6.07, 6.45) is 6.53. The number of benzene rings is 2. The average Bonchev–Trinajstić information content (AvgIpc) is 3.06. The summed E-state index contributed by atoms with van der Waals surface area (Å²) in [5, 5.41) is 2.70.